The molecule has 0 saturated heterocycles. The van der Waals surface area contributed by atoms with Gasteiger partial charge in [-0.15, -0.1) is 11.8 Å². The number of thioether (sulfide) groups is 1. The molecule has 0 radical (unpaired) electrons. The first-order valence-electron chi connectivity index (χ1n) is 14.8. The lowest BCUT2D eigenvalue weighted by Crippen LogP contribution is -2.07. The first-order chi connectivity index (χ1) is 22.3. The highest BCUT2D eigenvalue weighted by Crippen LogP contribution is 2.48. The van der Waals surface area contributed by atoms with Gasteiger partial charge in [0.15, 0.2) is 0 Å². The molecule has 9 heteroatoms. The maximum Gasteiger partial charge on any atom is 0.530 e. The van der Waals surface area contributed by atoms with E-state index in [2.05, 4.69) is 12.1 Å². The Balaban J connectivity index is 1.46. The zero-order valence-electron chi connectivity index (χ0n) is 26.9. The molecule has 5 aromatic carbocycles. The van der Waals surface area contributed by atoms with Crippen molar-refractivity contribution in [1.29, 1.82) is 0 Å². The zero-order valence-corrected chi connectivity index (χ0v) is 29.5. The Morgan fingerprint density at radius 3 is 1.26 bits per heavy atom. The fourth-order valence-electron chi connectivity index (χ4n) is 4.45. The molecule has 0 aliphatic rings. The molecule has 0 unspecified atom stereocenters. The summed E-state index contributed by atoms with van der Waals surface area (Å²) >= 11 is 1.65. The molecule has 6 nitrogen and oxygen atoms in total. The summed E-state index contributed by atoms with van der Waals surface area (Å²) in [6, 6.07) is 35.5. The molecule has 0 bridgehead atoms. The molecule has 0 saturated carbocycles. The van der Waals surface area contributed by atoms with Crippen molar-refractivity contribution >= 4 is 29.0 Å². The molecule has 0 N–H and O–H groups in total. The van der Waals surface area contributed by atoms with Gasteiger partial charge in [-0.25, -0.2) is 0 Å². The Morgan fingerprint density at radius 1 is 0.478 bits per heavy atom. The van der Waals surface area contributed by atoms with Crippen LogP contribution in [0.3, 0.4) is 0 Å². The van der Waals surface area contributed by atoms with Crippen LogP contribution in [0.15, 0.2) is 114 Å². The van der Waals surface area contributed by atoms with Crippen molar-refractivity contribution in [1.82, 2.24) is 0 Å². The van der Waals surface area contributed by atoms with E-state index in [0.717, 1.165) is 38.3 Å². The van der Waals surface area contributed by atoms with Crippen LogP contribution in [0.1, 0.15) is 33.4 Å². The van der Waals surface area contributed by atoms with Gasteiger partial charge in [0.2, 0.25) is 0 Å². The van der Waals surface area contributed by atoms with E-state index in [1.807, 2.05) is 138 Å². The highest BCUT2D eigenvalue weighted by Gasteiger charge is 2.26. The van der Waals surface area contributed by atoms with Crippen molar-refractivity contribution in [2.24, 2.45) is 0 Å². The Hall–Kier alpha value is -3.73. The lowest BCUT2D eigenvalue weighted by Gasteiger charge is -2.23. The van der Waals surface area contributed by atoms with E-state index >= 15 is 0 Å². The summed E-state index contributed by atoms with van der Waals surface area (Å²) in [5.74, 6) is 3.43. The van der Waals surface area contributed by atoms with Crippen LogP contribution in [0.2, 0.25) is 0 Å². The van der Waals surface area contributed by atoms with E-state index in [9.17, 15) is 0 Å². The third kappa shape index (κ3) is 8.96. The molecular weight excluding hydrogens is 634 g/mol. The normalized spacial score (nSPS) is 11.0. The van der Waals surface area contributed by atoms with Gasteiger partial charge in [0, 0.05) is 10.5 Å². The van der Waals surface area contributed by atoms with Crippen LogP contribution < -0.4 is 22.6 Å². The smallest absolute Gasteiger partial charge is 0.417 e. The molecule has 238 valence electrons. The fraction of sp³-hybridized carbons (Fsp3) is 0.189. The van der Waals surface area contributed by atoms with Crippen molar-refractivity contribution in [3.05, 3.63) is 143 Å². The third-order valence-corrected chi connectivity index (χ3v) is 9.88. The summed E-state index contributed by atoms with van der Waals surface area (Å²) < 4.78 is 38.6. The SMILES string of the molecule is CSc1cc(C)c(OP(Oc2ccccc2C)Oc2ccccc2C)c(COP(Oc2ccccc2C)Oc2ccccc2C)c1. The maximum absolute atomic E-state index is 6.66. The van der Waals surface area contributed by atoms with Crippen LogP contribution in [-0.4, -0.2) is 6.26 Å². The quantitative estimate of drug-likeness (QED) is 0.0859. The molecule has 0 fully saturated rings. The predicted octanol–water partition coefficient (Wildman–Crippen LogP) is 11.6. The number of benzene rings is 5. The van der Waals surface area contributed by atoms with Crippen molar-refractivity contribution in [2.45, 2.75) is 46.1 Å². The summed E-state index contributed by atoms with van der Waals surface area (Å²) in [5, 5.41) is 0. The summed E-state index contributed by atoms with van der Waals surface area (Å²) in [5.41, 5.74) is 5.71. The average molecular weight is 673 g/mol. The van der Waals surface area contributed by atoms with Gasteiger partial charge in [-0.05, 0) is 105 Å². The number of rotatable bonds is 14. The van der Waals surface area contributed by atoms with Gasteiger partial charge in [-0.3, -0.25) is 4.52 Å². The molecule has 0 spiro atoms. The average Bonchev–Trinajstić information content (AvgIpc) is 3.05. The van der Waals surface area contributed by atoms with Gasteiger partial charge in [-0.2, -0.15) is 0 Å². The van der Waals surface area contributed by atoms with Crippen LogP contribution in [0.4, 0.5) is 0 Å². The molecule has 0 aliphatic heterocycles. The van der Waals surface area contributed by atoms with E-state index in [1.165, 1.54) is 0 Å². The molecule has 5 aromatic rings. The first-order valence-corrected chi connectivity index (χ1v) is 18.3. The Labute approximate surface area is 279 Å². The monoisotopic (exact) mass is 672 g/mol. The lowest BCUT2D eigenvalue weighted by molar-refractivity contribution is 0.252. The number of hydrogen-bond donors (Lipinski definition) is 0. The van der Waals surface area contributed by atoms with Crippen molar-refractivity contribution in [2.75, 3.05) is 6.26 Å². The number of para-hydroxylation sites is 4. The van der Waals surface area contributed by atoms with Gasteiger partial charge < -0.3 is 22.6 Å². The van der Waals surface area contributed by atoms with Crippen molar-refractivity contribution in [3.63, 3.8) is 0 Å². The number of aryl methyl sites for hydroxylation is 5. The minimum absolute atomic E-state index is 0.173. The van der Waals surface area contributed by atoms with Crippen LogP contribution in [-0.2, 0) is 11.1 Å². The molecule has 0 aromatic heterocycles. The van der Waals surface area contributed by atoms with Crippen molar-refractivity contribution in [3.8, 4) is 28.7 Å². The van der Waals surface area contributed by atoms with E-state index in [0.29, 0.717) is 28.7 Å². The van der Waals surface area contributed by atoms with Crippen LogP contribution in [0.25, 0.3) is 0 Å². The van der Waals surface area contributed by atoms with Gasteiger partial charge in [0.1, 0.15) is 28.7 Å². The third-order valence-electron chi connectivity index (χ3n) is 7.12. The van der Waals surface area contributed by atoms with E-state index < -0.39 is 17.2 Å². The van der Waals surface area contributed by atoms with E-state index in [4.69, 9.17) is 27.1 Å². The fourth-order valence-corrected chi connectivity index (χ4v) is 7.37. The molecular formula is C37H38O6P2S. The Morgan fingerprint density at radius 2 is 0.870 bits per heavy atom. The van der Waals surface area contributed by atoms with Crippen molar-refractivity contribution < 1.29 is 27.1 Å². The molecule has 0 heterocycles. The highest BCUT2D eigenvalue weighted by atomic mass is 32.2. The Bertz CT molecular complexity index is 1670. The van der Waals surface area contributed by atoms with Gasteiger partial charge >= 0.3 is 17.2 Å². The second-order valence-electron chi connectivity index (χ2n) is 10.7. The van der Waals surface area contributed by atoms with Crippen LogP contribution >= 0.6 is 29.0 Å². The molecule has 0 amide bonds. The topological polar surface area (TPSA) is 55.4 Å². The van der Waals surface area contributed by atoms with Crippen LogP contribution in [0.5, 0.6) is 28.7 Å². The minimum atomic E-state index is -1.90. The Kier molecular flexibility index (Phi) is 11.8. The lowest BCUT2D eigenvalue weighted by atomic mass is 10.1. The largest absolute Gasteiger partial charge is 0.530 e. The molecule has 0 aliphatic carbocycles. The van der Waals surface area contributed by atoms with Gasteiger partial charge in [0.05, 0.1) is 6.61 Å². The standard InChI is InChI=1S/C37H38O6P2S/c1-26-15-7-11-19-33(26)39-44(40-34-20-12-8-16-27(34)2)38-25-31-24-32(46-6)23-30(5)37(31)43-45(41-35-21-13-9-17-28(35)3)42-36-22-14-10-18-29(36)4/h7-24H,25H2,1-6H3. The summed E-state index contributed by atoms with van der Waals surface area (Å²) in [6.45, 7) is 10.2. The van der Waals surface area contributed by atoms with Gasteiger partial charge in [0.25, 0.3) is 0 Å². The predicted molar refractivity (Wildman–Crippen MR) is 189 cm³/mol. The summed E-state index contributed by atoms with van der Waals surface area (Å²) in [4.78, 5) is 1.08. The second-order valence-corrected chi connectivity index (χ2v) is 13.6. The second kappa shape index (κ2) is 16.2. The number of hydrogen-bond acceptors (Lipinski definition) is 7. The summed E-state index contributed by atoms with van der Waals surface area (Å²) in [6.07, 6.45) is 2.05. The van der Waals surface area contributed by atoms with Gasteiger partial charge in [-0.1, -0.05) is 72.8 Å². The minimum Gasteiger partial charge on any atom is -0.417 e. The molecule has 5 rings (SSSR count). The molecule has 0 atom stereocenters. The maximum atomic E-state index is 6.66. The molecule has 46 heavy (non-hydrogen) atoms. The zero-order chi connectivity index (χ0) is 32.5. The van der Waals surface area contributed by atoms with E-state index in [-0.39, 0.29) is 6.61 Å². The highest BCUT2D eigenvalue weighted by molar-refractivity contribution is 7.98. The van der Waals surface area contributed by atoms with E-state index in [1.54, 1.807) is 11.8 Å². The summed E-state index contributed by atoms with van der Waals surface area (Å²) in [7, 11) is -3.74. The van der Waals surface area contributed by atoms with Crippen LogP contribution in [0, 0.1) is 34.6 Å². The first kappa shape index (κ1) is 33.6.